The molecule has 0 saturated carbocycles. The number of carbonyl (C=O) groups excluding carboxylic acids is 4. The topological polar surface area (TPSA) is 296 Å². The van der Waals surface area contributed by atoms with E-state index in [1.807, 2.05) is 79.0 Å². The van der Waals surface area contributed by atoms with Crippen LogP contribution in [0.25, 0.3) is 0 Å². The number of benzene rings is 4. The van der Waals surface area contributed by atoms with Gasteiger partial charge in [0.25, 0.3) is 0 Å². The van der Waals surface area contributed by atoms with E-state index in [1.54, 1.807) is 24.8 Å². The minimum atomic E-state index is -2.86. The third kappa shape index (κ3) is 23.8. The van der Waals surface area contributed by atoms with Crippen LogP contribution in [0.1, 0.15) is 261 Å². The summed E-state index contributed by atoms with van der Waals surface area (Å²) in [7, 11) is 2.73. The molecule has 672 valence electrons. The summed E-state index contributed by atoms with van der Waals surface area (Å²) in [4.78, 5) is 58.2. The summed E-state index contributed by atoms with van der Waals surface area (Å²) in [5.41, 5.74) is 26.7. The molecule has 12 unspecified atom stereocenters. The number of piperidine rings is 4. The number of hydrogen-bond donors (Lipinski definition) is 4. The highest BCUT2D eigenvalue weighted by atomic mass is 16.6. The highest BCUT2D eigenvalue weighted by molar-refractivity contribution is 5.77. The SMILES string of the molecule is [2H]C([2H])([2H])Oc1cc2c(cc1OC)C1CC(OC(=O)[C@@H](N)C(C)C)C(CC(C)C)CN1C([2H])([2H])C2([2H])[2H].[2H]C1([2H])c2cc(OC)c(OC)cc2C2CC(OC(=O)[C@@H](N)C(C)C)C(CC(C)C)CN2C1([2H])[2H].[2H]c1c2c(c([2H])c(OC)c1OC([2H])([2H])[2H])C1([2H])CC([2H])(OC(=O)[C@@H](N)C(C)C)C(CC(C)C)CN1CC2.[2H]c1c2c(c([2H])c(OC)c1OC)C1([2H])CC([2H])(OC(=O)[C@@H](N)C(C)C)C(CC(C)C)CN1CC2. The highest BCUT2D eigenvalue weighted by Crippen LogP contribution is 2.50. The minimum absolute atomic E-state index is 0.0231. The van der Waals surface area contributed by atoms with Crippen LogP contribution in [-0.4, -0.2) is 201 Å². The Kier molecular flexibility index (Phi) is 25.3. The molecule has 8 aliphatic rings. The van der Waals surface area contributed by atoms with Gasteiger partial charge in [-0.15, -0.1) is 0 Å². The summed E-state index contributed by atoms with van der Waals surface area (Å²) < 4.78 is 254. The van der Waals surface area contributed by atoms with Crippen LogP contribution in [0, 0.1) is 71.0 Å². The summed E-state index contributed by atoms with van der Waals surface area (Å²) in [5.74, 6) is -2.65. The second-order valence-corrected chi connectivity index (χ2v) is 35.9. The van der Waals surface area contributed by atoms with E-state index < -0.39 is 142 Å². The Hall–Kier alpha value is -7.16. The second kappa shape index (κ2) is 43.9. The van der Waals surface area contributed by atoms with Crippen LogP contribution in [0.4, 0.5) is 0 Å². The van der Waals surface area contributed by atoms with Gasteiger partial charge in [-0.3, -0.25) is 38.8 Å². The van der Waals surface area contributed by atoms with Crippen LogP contribution in [0.2, 0.25) is 0 Å². The van der Waals surface area contributed by atoms with Crippen molar-refractivity contribution in [3.63, 3.8) is 0 Å². The zero-order chi connectivity index (χ0) is 107. The van der Waals surface area contributed by atoms with E-state index >= 15 is 0 Å². The van der Waals surface area contributed by atoms with Gasteiger partial charge in [0.05, 0.1) is 75.9 Å². The van der Waals surface area contributed by atoms with Crippen molar-refractivity contribution in [3.8, 4) is 46.0 Å². The quantitative estimate of drug-likeness (QED) is 0.0303. The zero-order valence-electron chi connectivity index (χ0n) is 96.8. The molecule has 4 fully saturated rings. The van der Waals surface area contributed by atoms with E-state index in [0.29, 0.717) is 103 Å². The van der Waals surface area contributed by atoms with Crippen LogP contribution < -0.4 is 60.8 Å². The third-order valence-corrected chi connectivity index (χ3v) is 23.8. The normalized spacial score (nSPS) is 31.9. The number of fused-ring (bicyclic) bond motifs is 12. The van der Waals surface area contributed by atoms with E-state index in [9.17, 15) is 24.7 Å². The molecule has 0 aromatic heterocycles. The lowest BCUT2D eigenvalue weighted by molar-refractivity contribution is -0.161. The van der Waals surface area contributed by atoms with Crippen molar-refractivity contribution in [1.82, 2.24) is 19.6 Å². The van der Waals surface area contributed by atoms with Crippen LogP contribution in [0.15, 0.2) is 48.4 Å². The lowest BCUT2D eigenvalue weighted by Gasteiger charge is -2.47. The zero-order valence-corrected chi connectivity index (χ0v) is 74.8. The number of rotatable bonds is 28. The van der Waals surface area contributed by atoms with E-state index in [0.717, 1.165) is 6.42 Å². The van der Waals surface area contributed by atoms with Gasteiger partial charge >= 0.3 is 23.9 Å². The molecular formula is C96H152N8O16. The smallest absolute Gasteiger partial charge is 0.323 e. The van der Waals surface area contributed by atoms with Gasteiger partial charge in [0.1, 0.15) is 48.5 Å². The Morgan fingerprint density at radius 2 is 0.675 bits per heavy atom. The van der Waals surface area contributed by atoms with Crippen LogP contribution in [0.5, 0.6) is 46.0 Å². The van der Waals surface area contributed by atoms with Crippen molar-refractivity contribution in [2.45, 2.75) is 260 Å². The van der Waals surface area contributed by atoms with Gasteiger partial charge in [-0.25, -0.2) is 0 Å². The van der Waals surface area contributed by atoms with Crippen molar-refractivity contribution >= 4 is 23.9 Å². The van der Waals surface area contributed by atoms with Crippen molar-refractivity contribution in [3.05, 3.63) is 92.9 Å². The molecule has 4 saturated heterocycles. The van der Waals surface area contributed by atoms with Gasteiger partial charge in [0.2, 0.25) is 0 Å². The fourth-order valence-corrected chi connectivity index (χ4v) is 16.9. The molecule has 0 radical (unpaired) electrons. The molecule has 120 heavy (non-hydrogen) atoms. The number of methoxy groups -OCH3 is 8. The number of ether oxygens (including phenoxy) is 12. The minimum Gasteiger partial charge on any atom is -0.493 e. The molecule has 8 heterocycles. The molecule has 16 atom stereocenters. The number of esters is 4. The van der Waals surface area contributed by atoms with Gasteiger partial charge in [-0.1, -0.05) is 111 Å². The van der Waals surface area contributed by atoms with Crippen molar-refractivity contribution < 1.29 is 106 Å². The standard InChI is InChI=1S/4C24H38N2O4/c4*1-14(2)9-17-13-26-8-7-16-10-21(28-5)22(29-6)11-18(16)19(26)12-20(17)30-24(27)23(25)15(3)4/h4*10-11,14-15,17,19-20,23H,7-9,12-13,25H2,1-6H3/t4*17?,19?,20?,23-/m0000/s1/i5D3,10D,11D,19D,20D;10D,11D,19D,20D;5D3,7D2,8D2;7D2,8D2. The van der Waals surface area contributed by atoms with Gasteiger partial charge in [-0.2, -0.15) is 0 Å². The molecule has 4 aromatic carbocycles. The average molecular weight is 1700 g/mol. The maximum Gasteiger partial charge on any atom is 0.323 e. The molecule has 0 bridgehead atoms. The Morgan fingerprint density at radius 3 is 1.00 bits per heavy atom. The molecular weight excluding hydrogens is 1520 g/mol. The summed E-state index contributed by atoms with van der Waals surface area (Å²) >= 11 is 0. The predicted octanol–water partition coefficient (Wildman–Crippen LogP) is 14.3. The first kappa shape index (κ1) is 69.2. The van der Waals surface area contributed by atoms with Crippen molar-refractivity contribution in [1.29, 1.82) is 0 Å². The monoisotopic (exact) mass is 1700 g/mol. The maximum atomic E-state index is 12.9. The first-order valence-electron chi connectivity index (χ1n) is 53.7. The first-order chi connectivity index (χ1) is 65.4. The molecule has 4 aromatic rings. The highest BCUT2D eigenvalue weighted by Gasteiger charge is 2.47. The molecule has 12 rings (SSSR count). The van der Waals surface area contributed by atoms with Crippen LogP contribution >= 0.6 is 0 Å². The first-order valence-corrected chi connectivity index (χ1v) is 42.7. The third-order valence-electron chi connectivity index (χ3n) is 23.8. The number of nitrogens with zero attached hydrogens (tertiary/aromatic N) is 4. The molecule has 24 nitrogen and oxygen atoms in total. The Bertz CT molecular complexity index is 5120. The predicted molar refractivity (Wildman–Crippen MR) is 471 cm³/mol. The molecule has 0 aliphatic carbocycles. The van der Waals surface area contributed by atoms with Crippen LogP contribution in [-0.2, 0) is 63.7 Å². The number of hydrogen-bond acceptors (Lipinski definition) is 24. The maximum absolute atomic E-state index is 12.9. The fourth-order valence-electron chi connectivity index (χ4n) is 16.9. The summed E-state index contributed by atoms with van der Waals surface area (Å²) in [6.07, 6.45) is -5.77. The average Bonchev–Trinajstić information content (AvgIpc) is 0.716. The Morgan fingerprint density at radius 1 is 0.383 bits per heavy atom. The summed E-state index contributed by atoms with van der Waals surface area (Å²) in [5, 5.41) is 0. The van der Waals surface area contributed by atoms with Gasteiger partial charge in [0.15, 0.2) is 46.0 Å². The lowest BCUT2D eigenvalue weighted by Crippen LogP contribution is -2.51. The molecule has 0 amide bonds. The van der Waals surface area contributed by atoms with Crippen molar-refractivity contribution in [2.75, 3.05) is 109 Å². The van der Waals surface area contributed by atoms with Gasteiger partial charge in [-0.05, 0) is 192 Å². The summed E-state index contributed by atoms with van der Waals surface area (Å²) in [6, 6.07) is -2.19. The van der Waals surface area contributed by atoms with E-state index in [2.05, 4.69) is 27.7 Å². The van der Waals surface area contributed by atoms with Crippen LogP contribution in [0.3, 0.4) is 0 Å². The van der Waals surface area contributed by atoms with Gasteiger partial charge < -0.3 is 79.8 Å². The largest absolute Gasteiger partial charge is 0.493 e. The lowest BCUT2D eigenvalue weighted by atomic mass is 9.79. The number of aryl methyl sites for hydroxylation is 2. The Balaban J connectivity index is 0.000000211. The van der Waals surface area contributed by atoms with E-state index in [4.69, 9.17) is 104 Å². The molecule has 8 N–H and O–H groups in total. The van der Waals surface area contributed by atoms with Gasteiger partial charge in [0, 0.05) is 137 Å². The summed E-state index contributed by atoms with van der Waals surface area (Å²) in [6.45, 7) is 28.2. The Labute approximate surface area is 749 Å². The van der Waals surface area contributed by atoms with Crippen molar-refractivity contribution in [2.24, 2.45) is 93.9 Å². The van der Waals surface area contributed by atoms with E-state index in [-0.39, 0.29) is 173 Å². The van der Waals surface area contributed by atoms with E-state index in [1.165, 1.54) is 65.8 Å². The molecule has 8 aliphatic heterocycles. The number of carbonyl (C=O) groups is 4. The fraction of sp³-hybridized carbons (Fsp3) is 0.708. The molecule has 24 heteroatoms. The molecule has 0 spiro atoms. The number of nitrogens with two attached hydrogens (primary N) is 4. The second-order valence-electron chi connectivity index (χ2n) is 35.9.